The second kappa shape index (κ2) is 3.81. The molecule has 13 heavy (non-hydrogen) atoms. The number of aliphatic carboxylic acids is 1. The Morgan fingerprint density at radius 2 is 2.54 bits per heavy atom. The molecule has 1 amide bonds. The lowest BCUT2D eigenvalue weighted by Crippen LogP contribution is -2.41. The first-order valence-electron chi connectivity index (χ1n) is 3.76. The second-order valence-corrected chi connectivity index (χ2v) is 2.57. The smallest absolute Gasteiger partial charge is 0.410 e. The normalized spacial score (nSPS) is 17.8. The highest BCUT2D eigenvalue weighted by atomic mass is 16.6. The van der Waals surface area contributed by atoms with E-state index in [2.05, 4.69) is 10.7 Å². The van der Waals surface area contributed by atoms with Gasteiger partial charge in [0.2, 0.25) is 0 Å². The summed E-state index contributed by atoms with van der Waals surface area (Å²) in [4.78, 5) is 22.8. The third kappa shape index (κ3) is 1.90. The average molecular weight is 183 g/mol. The zero-order chi connectivity index (χ0) is 9.84. The first kappa shape index (κ1) is 9.39. The molecule has 0 radical (unpaired) electrons. The minimum Gasteiger partial charge on any atom is -0.480 e. The van der Waals surface area contributed by atoms with E-state index in [1.807, 2.05) is 0 Å². The Hall–Kier alpha value is -1.70. The van der Waals surface area contributed by atoms with Gasteiger partial charge in [-0.1, -0.05) is 0 Å². The van der Waals surface area contributed by atoms with E-state index in [-0.39, 0.29) is 19.6 Å². The quantitative estimate of drug-likeness (QED) is 0.621. The Balaban J connectivity index is 2.70. The number of carbonyl (C=O) groups is 2. The van der Waals surface area contributed by atoms with Crippen molar-refractivity contribution in [1.29, 1.82) is 0 Å². The lowest BCUT2D eigenvalue weighted by molar-refractivity contribution is -0.141. The Morgan fingerprint density at radius 1 is 1.85 bits per heavy atom. The van der Waals surface area contributed by atoms with Crippen molar-refractivity contribution in [1.82, 2.24) is 4.90 Å². The highest BCUT2D eigenvalue weighted by molar-refractivity contribution is 5.81. The van der Waals surface area contributed by atoms with E-state index >= 15 is 0 Å². The van der Waals surface area contributed by atoms with E-state index in [9.17, 15) is 9.59 Å². The number of carboxylic acid groups (broad SMARTS) is 1. The van der Waals surface area contributed by atoms with Gasteiger partial charge < -0.3 is 9.84 Å². The SMILES string of the molecule is C#CCC(C(=O)O)N1CCOC1=O. The van der Waals surface area contributed by atoms with Gasteiger partial charge in [0.15, 0.2) is 0 Å². The summed E-state index contributed by atoms with van der Waals surface area (Å²) in [6.45, 7) is 0.519. The molecule has 1 rings (SSSR count). The minimum absolute atomic E-state index is 0.00440. The van der Waals surface area contributed by atoms with Gasteiger partial charge in [0.25, 0.3) is 0 Å². The second-order valence-electron chi connectivity index (χ2n) is 2.57. The predicted octanol–water partition coefficient (Wildman–Crippen LogP) is -0.0849. The molecule has 70 valence electrons. The number of nitrogens with zero attached hydrogens (tertiary/aromatic N) is 1. The summed E-state index contributed by atoms with van der Waals surface area (Å²) in [5.41, 5.74) is 0. The topological polar surface area (TPSA) is 66.8 Å². The highest BCUT2D eigenvalue weighted by Gasteiger charge is 2.33. The van der Waals surface area contributed by atoms with Crippen molar-refractivity contribution in [2.24, 2.45) is 0 Å². The Labute approximate surface area is 75.3 Å². The van der Waals surface area contributed by atoms with E-state index < -0.39 is 18.1 Å². The van der Waals surface area contributed by atoms with Gasteiger partial charge in [-0.05, 0) is 0 Å². The maximum absolute atomic E-state index is 11.0. The van der Waals surface area contributed by atoms with Gasteiger partial charge >= 0.3 is 12.1 Å². The zero-order valence-corrected chi connectivity index (χ0v) is 6.90. The number of carbonyl (C=O) groups excluding carboxylic acids is 1. The van der Waals surface area contributed by atoms with Gasteiger partial charge in [0.05, 0.1) is 6.54 Å². The van der Waals surface area contributed by atoms with Crippen LogP contribution in [0.4, 0.5) is 4.79 Å². The number of amides is 1. The summed E-state index contributed by atoms with van der Waals surface area (Å²) in [5.74, 6) is 1.12. The molecule has 5 heteroatoms. The molecule has 1 aliphatic heterocycles. The highest BCUT2D eigenvalue weighted by Crippen LogP contribution is 2.11. The molecule has 1 aliphatic rings. The first-order valence-corrected chi connectivity index (χ1v) is 3.76. The number of terminal acetylenes is 1. The van der Waals surface area contributed by atoms with Crippen LogP contribution in [-0.2, 0) is 9.53 Å². The van der Waals surface area contributed by atoms with Crippen molar-refractivity contribution in [3.05, 3.63) is 0 Å². The molecule has 1 saturated heterocycles. The van der Waals surface area contributed by atoms with Crippen LogP contribution in [0.3, 0.4) is 0 Å². The lowest BCUT2D eigenvalue weighted by Gasteiger charge is -2.19. The lowest BCUT2D eigenvalue weighted by atomic mass is 10.2. The molecule has 0 bridgehead atoms. The fraction of sp³-hybridized carbons (Fsp3) is 0.500. The molecule has 0 aliphatic carbocycles. The largest absolute Gasteiger partial charge is 0.480 e. The van der Waals surface area contributed by atoms with Crippen LogP contribution in [0.15, 0.2) is 0 Å². The number of ether oxygens (including phenoxy) is 1. The summed E-state index contributed by atoms with van der Waals surface area (Å²) in [7, 11) is 0. The molecule has 0 aromatic rings. The fourth-order valence-corrected chi connectivity index (χ4v) is 1.13. The van der Waals surface area contributed by atoms with Crippen LogP contribution in [0.1, 0.15) is 6.42 Å². The molecule has 1 unspecified atom stereocenters. The van der Waals surface area contributed by atoms with Gasteiger partial charge in [-0.3, -0.25) is 4.90 Å². The van der Waals surface area contributed by atoms with Crippen LogP contribution in [0, 0.1) is 12.3 Å². The fourth-order valence-electron chi connectivity index (χ4n) is 1.13. The molecule has 1 N–H and O–H groups in total. The van der Waals surface area contributed by atoms with E-state index in [1.54, 1.807) is 0 Å². The molecule has 0 aromatic carbocycles. The number of hydrogen-bond acceptors (Lipinski definition) is 3. The van der Waals surface area contributed by atoms with Crippen molar-refractivity contribution in [3.63, 3.8) is 0 Å². The van der Waals surface area contributed by atoms with Gasteiger partial charge in [-0.15, -0.1) is 12.3 Å². The summed E-state index contributed by atoms with van der Waals surface area (Å²) in [5, 5.41) is 8.74. The molecule has 0 saturated carbocycles. The van der Waals surface area contributed by atoms with Crippen LogP contribution in [0.25, 0.3) is 0 Å². The Bertz CT molecular complexity index is 268. The van der Waals surface area contributed by atoms with Gasteiger partial charge in [0.1, 0.15) is 12.6 Å². The van der Waals surface area contributed by atoms with Gasteiger partial charge in [0, 0.05) is 6.42 Å². The van der Waals surface area contributed by atoms with Crippen molar-refractivity contribution in [3.8, 4) is 12.3 Å². The molecule has 0 spiro atoms. The molecule has 1 fully saturated rings. The number of hydrogen-bond donors (Lipinski definition) is 1. The maximum atomic E-state index is 11.0. The Kier molecular flexibility index (Phi) is 2.75. The van der Waals surface area contributed by atoms with E-state index in [4.69, 9.17) is 11.5 Å². The molecule has 1 atom stereocenters. The summed E-state index contributed by atoms with van der Waals surface area (Å²) >= 11 is 0. The van der Waals surface area contributed by atoms with Crippen LogP contribution in [-0.4, -0.2) is 41.3 Å². The van der Waals surface area contributed by atoms with Gasteiger partial charge in [-0.25, -0.2) is 9.59 Å². The first-order chi connectivity index (χ1) is 6.16. The van der Waals surface area contributed by atoms with Crippen LogP contribution < -0.4 is 0 Å². The van der Waals surface area contributed by atoms with Crippen molar-refractivity contribution in [2.75, 3.05) is 13.2 Å². The zero-order valence-electron chi connectivity index (χ0n) is 6.90. The number of carboxylic acids is 1. The van der Waals surface area contributed by atoms with Crippen LogP contribution in [0.2, 0.25) is 0 Å². The minimum atomic E-state index is -1.10. The summed E-state index contributed by atoms with van der Waals surface area (Å²) in [6.07, 6.45) is 4.38. The van der Waals surface area contributed by atoms with Gasteiger partial charge in [-0.2, -0.15) is 0 Å². The van der Waals surface area contributed by atoms with Crippen LogP contribution in [0.5, 0.6) is 0 Å². The summed E-state index contributed by atoms with van der Waals surface area (Å²) in [6, 6.07) is -0.958. The number of rotatable bonds is 3. The monoisotopic (exact) mass is 183 g/mol. The third-order valence-corrected chi connectivity index (χ3v) is 1.76. The predicted molar refractivity (Wildman–Crippen MR) is 42.9 cm³/mol. The standard InChI is InChI=1S/C8H9NO4/c1-2-3-6(7(10)11)9-4-5-13-8(9)12/h1,6H,3-5H2,(H,10,11). The molecule has 1 heterocycles. The maximum Gasteiger partial charge on any atom is 0.410 e. The van der Waals surface area contributed by atoms with E-state index in [1.165, 1.54) is 0 Å². The van der Waals surface area contributed by atoms with E-state index in [0.717, 1.165) is 4.90 Å². The molecule has 5 nitrogen and oxygen atoms in total. The molecular weight excluding hydrogens is 174 g/mol. The molecule has 0 aromatic heterocycles. The Morgan fingerprint density at radius 3 is 2.92 bits per heavy atom. The average Bonchev–Trinajstić information content (AvgIpc) is 2.47. The summed E-state index contributed by atoms with van der Waals surface area (Å²) < 4.78 is 4.60. The van der Waals surface area contributed by atoms with Crippen molar-refractivity contribution >= 4 is 12.1 Å². The van der Waals surface area contributed by atoms with Crippen molar-refractivity contribution < 1.29 is 19.4 Å². The number of cyclic esters (lactones) is 1. The van der Waals surface area contributed by atoms with Crippen molar-refractivity contribution in [2.45, 2.75) is 12.5 Å². The van der Waals surface area contributed by atoms with E-state index in [0.29, 0.717) is 0 Å². The van der Waals surface area contributed by atoms with Crippen LogP contribution >= 0.6 is 0 Å². The third-order valence-electron chi connectivity index (χ3n) is 1.76. The molecular formula is C8H9NO4.